The number of hydrogen-bond donors (Lipinski definition) is 1. The number of carbonyl (C=O) groups is 1. The Morgan fingerprint density at radius 1 is 0.897 bits per heavy atom. The maximum atomic E-state index is 12.6. The van der Waals surface area contributed by atoms with E-state index in [-0.39, 0.29) is 5.91 Å². The van der Waals surface area contributed by atoms with Crippen molar-refractivity contribution in [1.29, 1.82) is 0 Å². The zero-order valence-corrected chi connectivity index (χ0v) is 16.6. The van der Waals surface area contributed by atoms with E-state index in [9.17, 15) is 4.79 Å². The van der Waals surface area contributed by atoms with Crippen LogP contribution in [0.5, 0.6) is 17.2 Å². The number of hydrogen-bond acceptors (Lipinski definition) is 4. The molecule has 1 unspecified atom stereocenters. The Morgan fingerprint density at radius 2 is 1.62 bits per heavy atom. The van der Waals surface area contributed by atoms with E-state index in [0.29, 0.717) is 30.2 Å². The average Bonchev–Trinajstić information content (AvgIpc) is 2.77. The maximum absolute atomic E-state index is 12.6. The minimum Gasteiger partial charge on any atom is -0.497 e. The standard InChI is InChI=1S/C24H25NO4/c1-3-23(29-22-11-7-10-21(16-22)27-2)24(26)25-19-12-14-20(15-13-19)28-17-18-8-5-4-6-9-18/h4-16,23H,3,17H2,1-2H3,(H,25,26). The zero-order chi connectivity index (χ0) is 20.5. The molecule has 1 N–H and O–H groups in total. The first-order valence-electron chi connectivity index (χ1n) is 9.56. The number of ether oxygens (including phenoxy) is 3. The molecule has 1 amide bonds. The molecule has 3 rings (SSSR count). The van der Waals surface area contributed by atoms with Crippen LogP contribution in [0, 0.1) is 0 Å². The summed E-state index contributed by atoms with van der Waals surface area (Å²) < 4.78 is 16.8. The monoisotopic (exact) mass is 391 g/mol. The van der Waals surface area contributed by atoms with Crippen molar-refractivity contribution in [2.45, 2.75) is 26.1 Å². The molecule has 0 aliphatic heterocycles. The summed E-state index contributed by atoms with van der Waals surface area (Å²) in [6.07, 6.45) is -0.0579. The number of anilines is 1. The smallest absolute Gasteiger partial charge is 0.265 e. The van der Waals surface area contributed by atoms with Crippen LogP contribution in [0.3, 0.4) is 0 Å². The van der Waals surface area contributed by atoms with Gasteiger partial charge in [0.15, 0.2) is 6.10 Å². The van der Waals surface area contributed by atoms with E-state index in [1.165, 1.54) is 0 Å². The SMILES string of the molecule is CCC(Oc1cccc(OC)c1)C(=O)Nc1ccc(OCc2ccccc2)cc1. The molecule has 150 valence electrons. The maximum Gasteiger partial charge on any atom is 0.265 e. The molecule has 0 radical (unpaired) electrons. The molecule has 3 aromatic rings. The van der Waals surface area contributed by atoms with Crippen LogP contribution < -0.4 is 19.5 Å². The van der Waals surface area contributed by atoms with Crippen molar-refractivity contribution in [3.05, 3.63) is 84.4 Å². The Kier molecular flexibility index (Phi) is 7.11. The molecule has 5 nitrogen and oxygen atoms in total. The first-order valence-corrected chi connectivity index (χ1v) is 9.56. The molecule has 3 aromatic carbocycles. The van der Waals surface area contributed by atoms with Gasteiger partial charge in [0.2, 0.25) is 0 Å². The van der Waals surface area contributed by atoms with Gasteiger partial charge in [-0.25, -0.2) is 0 Å². The minimum absolute atomic E-state index is 0.201. The fourth-order valence-electron chi connectivity index (χ4n) is 2.76. The lowest BCUT2D eigenvalue weighted by molar-refractivity contribution is -0.122. The normalized spacial score (nSPS) is 11.4. The molecule has 0 spiro atoms. The Bertz CT molecular complexity index is 910. The highest BCUT2D eigenvalue weighted by atomic mass is 16.5. The lowest BCUT2D eigenvalue weighted by Gasteiger charge is -2.18. The summed E-state index contributed by atoms with van der Waals surface area (Å²) in [5.41, 5.74) is 1.79. The van der Waals surface area contributed by atoms with Crippen LogP contribution in [0.15, 0.2) is 78.9 Å². The first-order chi connectivity index (χ1) is 14.2. The quantitative estimate of drug-likeness (QED) is 0.553. The lowest BCUT2D eigenvalue weighted by atomic mass is 10.2. The molecule has 0 aliphatic carbocycles. The summed E-state index contributed by atoms with van der Waals surface area (Å²) in [6.45, 7) is 2.41. The van der Waals surface area contributed by atoms with Gasteiger partial charge >= 0.3 is 0 Å². The number of nitrogens with one attached hydrogen (secondary N) is 1. The van der Waals surface area contributed by atoms with Crippen LogP contribution in [-0.2, 0) is 11.4 Å². The van der Waals surface area contributed by atoms with Crippen molar-refractivity contribution in [2.24, 2.45) is 0 Å². The van der Waals surface area contributed by atoms with Crippen molar-refractivity contribution in [1.82, 2.24) is 0 Å². The van der Waals surface area contributed by atoms with Crippen molar-refractivity contribution in [3.8, 4) is 17.2 Å². The Morgan fingerprint density at radius 3 is 2.31 bits per heavy atom. The van der Waals surface area contributed by atoms with E-state index in [4.69, 9.17) is 14.2 Å². The van der Waals surface area contributed by atoms with Gasteiger partial charge < -0.3 is 19.5 Å². The van der Waals surface area contributed by atoms with Gasteiger partial charge in [-0.3, -0.25) is 4.79 Å². The van der Waals surface area contributed by atoms with E-state index in [2.05, 4.69) is 5.32 Å². The summed E-state index contributed by atoms with van der Waals surface area (Å²) in [7, 11) is 1.59. The second-order valence-corrected chi connectivity index (χ2v) is 6.48. The van der Waals surface area contributed by atoms with Gasteiger partial charge in [-0.05, 0) is 48.4 Å². The highest BCUT2D eigenvalue weighted by Gasteiger charge is 2.18. The molecule has 0 bridgehead atoms. The summed E-state index contributed by atoms with van der Waals surface area (Å²) in [5.74, 6) is 1.82. The average molecular weight is 391 g/mol. The Labute approximate surface area is 171 Å². The second kappa shape index (κ2) is 10.2. The third-order valence-corrected chi connectivity index (χ3v) is 4.35. The van der Waals surface area contributed by atoms with Crippen molar-refractivity contribution >= 4 is 11.6 Å². The second-order valence-electron chi connectivity index (χ2n) is 6.48. The number of amides is 1. The number of benzene rings is 3. The predicted molar refractivity (Wildman–Crippen MR) is 114 cm³/mol. The predicted octanol–water partition coefficient (Wildman–Crippen LogP) is 5.07. The van der Waals surface area contributed by atoms with E-state index >= 15 is 0 Å². The van der Waals surface area contributed by atoms with Gasteiger partial charge in [-0.15, -0.1) is 0 Å². The Balaban J connectivity index is 1.55. The van der Waals surface area contributed by atoms with Crippen LogP contribution in [0.2, 0.25) is 0 Å². The van der Waals surface area contributed by atoms with Crippen LogP contribution >= 0.6 is 0 Å². The topological polar surface area (TPSA) is 56.8 Å². The van der Waals surface area contributed by atoms with Gasteiger partial charge in [0.1, 0.15) is 23.9 Å². The highest BCUT2D eigenvalue weighted by Crippen LogP contribution is 2.22. The van der Waals surface area contributed by atoms with Gasteiger partial charge in [-0.1, -0.05) is 43.3 Å². The molecule has 0 saturated carbocycles. The molecular formula is C24H25NO4. The van der Waals surface area contributed by atoms with Crippen molar-refractivity contribution in [3.63, 3.8) is 0 Å². The van der Waals surface area contributed by atoms with Crippen LogP contribution in [0.25, 0.3) is 0 Å². The van der Waals surface area contributed by atoms with Gasteiger partial charge in [0, 0.05) is 11.8 Å². The zero-order valence-electron chi connectivity index (χ0n) is 16.6. The Hall–Kier alpha value is -3.47. The third-order valence-electron chi connectivity index (χ3n) is 4.35. The molecule has 0 fully saturated rings. The molecule has 0 aromatic heterocycles. The lowest BCUT2D eigenvalue weighted by Crippen LogP contribution is -2.32. The summed E-state index contributed by atoms with van der Waals surface area (Å²) in [6, 6.07) is 24.5. The van der Waals surface area contributed by atoms with E-state index in [1.54, 1.807) is 19.2 Å². The molecular weight excluding hydrogens is 366 g/mol. The molecule has 0 saturated heterocycles. The van der Waals surface area contributed by atoms with Gasteiger partial charge in [0.05, 0.1) is 7.11 Å². The number of methoxy groups -OCH3 is 1. The largest absolute Gasteiger partial charge is 0.497 e. The molecule has 5 heteroatoms. The molecule has 0 aliphatic rings. The van der Waals surface area contributed by atoms with Crippen LogP contribution in [0.1, 0.15) is 18.9 Å². The van der Waals surface area contributed by atoms with Gasteiger partial charge in [0.25, 0.3) is 5.91 Å². The summed E-state index contributed by atoms with van der Waals surface area (Å²) in [4.78, 5) is 12.6. The van der Waals surface area contributed by atoms with Crippen molar-refractivity contribution in [2.75, 3.05) is 12.4 Å². The van der Waals surface area contributed by atoms with E-state index in [1.807, 2.05) is 73.7 Å². The van der Waals surface area contributed by atoms with E-state index in [0.717, 1.165) is 11.3 Å². The molecule has 0 heterocycles. The van der Waals surface area contributed by atoms with Crippen LogP contribution in [-0.4, -0.2) is 19.1 Å². The summed E-state index contributed by atoms with van der Waals surface area (Å²) in [5, 5.41) is 2.89. The number of rotatable bonds is 9. The fourth-order valence-corrected chi connectivity index (χ4v) is 2.76. The molecule has 1 atom stereocenters. The third kappa shape index (κ3) is 6.01. The highest BCUT2D eigenvalue weighted by molar-refractivity contribution is 5.94. The number of carbonyl (C=O) groups excluding carboxylic acids is 1. The molecule has 29 heavy (non-hydrogen) atoms. The fraction of sp³-hybridized carbons (Fsp3) is 0.208. The van der Waals surface area contributed by atoms with Gasteiger partial charge in [-0.2, -0.15) is 0 Å². The van der Waals surface area contributed by atoms with Crippen LogP contribution in [0.4, 0.5) is 5.69 Å². The van der Waals surface area contributed by atoms with Crippen molar-refractivity contribution < 1.29 is 19.0 Å². The first kappa shape index (κ1) is 20.3. The van der Waals surface area contributed by atoms with E-state index < -0.39 is 6.10 Å². The minimum atomic E-state index is -0.601. The summed E-state index contributed by atoms with van der Waals surface area (Å²) >= 11 is 0.